The van der Waals surface area contributed by atoms with Crippen molar-refractivity contribution in [3.8, 4) is 16.9 Å². The van der Waals surface area contributed by atoms with E-state index in [-0.39, 0.29) is 11.4 Å². The highest BCUT2D eigenvalue weighted by Gasteiger charge is 2.19. The smallest absolute Gasteiger partial charge is 0.314 e. The van der Waals surface area contributed by atoms with Crippen LogP contribution in [0.3, 0.4) is 0 Å². The molecule has 2 aromatic heterocycles. The fourth-order valence-corrected chi connectivity index (χ4v) is 3.23. The first-order chi connectivity index (χ1) is 12.5. The number of aryl methyl sites for hydroxylation is 1. The molecule has 130 valence electrons. The van der Waals surface area contributed by atoms with Crippen LogP contribution in [0.2, 0.25) is 0 Å². The monoisotopic (exact) mass is 349 g/mol. The number of rotatable bonds is 2. The maximum Gasteiger partial charge on any atom is 0.330 e. The molecule has 4 aromatic rings. The highest BCUT2D eigenvalue weighted by atomic mass is 19.1. The van der Waals surface area contributed by atoms with Crippen molar-refractivity contribution >= 4 is 10.9 Å². The molecule has 0 saturated carbocycles. The van der Waals surface area contributed by atoms with Crippen molar-refractivity contribution in [3.05, 3.63) is 87.4 Å². The van der Waals surface area contributed by atoms with Gasteiger partial charge >= 0.3 is 5.69 Å². The Morgan fingerprint density at radius 2 is 1.50 bits per heavy atom. The number of aromatic nitrogens is 3. The van der Waals surface area contributed by atoms with Gasteiger partial charge in [0.2, 0.25) is 0 Å². The normalized spacial score (nSPS) is 11.2. The average molecular weight is 349 g/mol. The van der Waals surface area contributed by atoms with Crippen molar-refractivity contribution in [1.82, 2.24) is 13.7 Å². The Hall–Kier alpha value is -3.41. The molecule has 4 rings (SSSR count). The number of halogens is 1. The van der Waals surface area contributed by atoms with Gasteiger partial charge in [0, 0.05) is 26.0 Å². The van der Waals surface area contributed by atoms with E-state index in [9.17, 15) is 14.0 Å². The minimum absolute atomic E-state index is 0.338. The number of nitrogens with zero attached hydrogens (tertiary/aromatic N) is 3. The molecule has 6 heteroatoms. The van der Waals surface area contributed by atoms with E-state index in [1.54, 1.807) is 25.4 Å². The minimum atomic E-state index is -0.390. The van der Waals surface area contributed by atoms with E-state index < -0.39 is 5.69 Å². The summed E-state index contributed by atoms with van der Waals surface area (Å²) in [5.74, 6) is -0.338. The van der Waals surface area contributed by atoms with Crippen LogP contribution in [0, 0.1) is 5.82 Å². The predicted molar refractivity (Wildman–Crippen MR) is 99.2 cm³/mol. The van der Waals surface area contributed by atoms with Crippen LogP contribution in [-0.2, 0) is 14.1 Å². The van der Waals surface area contributed by atoms with E-state index in [4.69, 9.17) is 0 Å². The van der Waals surface area contributed by atoms with Crippen LogP contribution in [0.4, 0.5) is 4.39 Å². The maximum atomic E-state index is 13.4. The van der Waals surface area contributed by atoms with Gasteiger partial charge in [-0.05, 0) is 29.8 Å². The van der Waals surface area contributed by atoms with Crippen molar-refractivity contribution in [3.63, 3.8) is 0 Å². The molecular formula is C20H16FN3O2. The zero-order valence-electron chi connectivity index (χ0n) is 14.3. The zero-order chi connectivity index (χ0) is 18.4. The van der Waals surface area contributed by atoms with Crippen molar-refractivity contribution in [2.75, 3.05) is 0 Å². The van der Waals surface area contributed by atoms with E-state index in [0.29, 0.717) is 22.3 Å². The second-order valence-electron chi connectivity index (χ2n) is 6.16. The third kappa shape index (κ3) is 2.30. The second kappa shape index (κ2) is 5.84. The molecule has 26 heavy (non-hydrogen) atoms. The van der Waals surface area contributed by atoms with Gasteiger partial charge in [0.1, 0.15) is 5.82 Å². The Kier molecular flexibility index (Phi) is 3.61. The van der Waals surface area contributed by atoms with Gasteiger partial charge in [-0.3, -0.25) is 13.9 Å². The van der Waals surface area contributed by atoms with E-state index in [1.807, 2.05) is 34.9 Å². The summed E-state index contributed by atoms with van der Waals surface area (Å²) >= 11 is 0. The lowest BCUT2D eigenvalue weighted by Crippen LogP contribution is -2.36. The lowest BCUT2D eigenvalue weighted by molar-refractivity contribution is 0.627. The molecule has 2 aromatic carbocycles. The quantitative estimate of drug-likeness (QED) is 0.559. The molecule has 0 bridgehead atoms. The summed E-state index contributed by atoms with van der Waals surface area (Å²) in [5, 5.41) is 0.449. The summed E-state index contributed by atoms with van der Waals surface area (Å²) in [6.45, 7) is 0. The van der Waals surface area contributed by atoms with Crippen LogP contribution in [0.1, 0.15) is 0 Å². The lowest BCUT2D eigenvalue weighted by atomic mass is 10.1. The Morgan fingerprint density at radius 3 is 2.15 bits per heavy atom. The maximum absolute atomic E-state index is 13.4. The summed E-state index contributed by atoms with van der Waals surface area (Å²) in [4.78, 5) is 25.2. The first kappa shape index (κ1) is 16.1. The van der Waals surface area contributed by atoms with Crippen molar-refractivity contribution in [1.29, 1.82) is 0 Å². The van der Waals surface area contributed by atoms with Gasteiger partial charge in [-0.2, -0.15) is 0 Å². The summed E-state index contributed by atoms with van der Waals surface area (Å²) in [7, 11) is 3.10. The van der Waals surface area contributed by atoms with Crippen LogP contribution in [0.5, 0.6) is 0 Å². The summed E-state index contributed by atoms with van der Waals surface area (Å²) in [6, 6.07) is 15.5. The molecule has 5 nitrogen and oxygen atoms in total. The largest absolute Gasteiger partial charge is 0.330 e. The van der Waals surface area contributed by atoms with Gasteiger partial charge in [0.15, 0.2) is 0 Å². The van der Waals surface area contributed by atoms with Crippen molar-refractivity contribution < 1.29 is 4.39 Å². The van der Waals surface area contributed by atoms with Crippen molar-refractivity contribution in [2.45, 2.75) is 0 Å². The van der Waals surface area contributed by atoms with Gasteiger partial charge in [-0.1, -0.05) is 30.3 Å². The molecule has 0 aliphatic carbocycles. The molecule has 0 aliphatic rings. The van der Waals surface area contributed by atoms with E-state index >= 15 is 0 Å². The molecule has 0 fully saturated rings. The zero-order valence-corrected chi connectivity index (χ0v) is 14.3. The third-order valence-electron chi connectivity index (χ3n) is 4.59. The fourth-order valence-electron chi connectivity index (χ4n) is 3.23. The van der Waals surface area contributed by atoms with Crippen LogP contribution >= 0.6 is 0 Å². The lowest BCUT2D eigenvalue weighted by Gasteiger charge is -2.10. The van der Waals surface area contributed by atoms with E-state index in [1.165, 1.54) is 23.7 Å². The first-order valence-corrected chi connectivity index (χ1v) is 8.11. The number of fused-ring (bicyclic) bond motifs is 1. The fraction of sp³-hybridized carbons (Fsp3) is 0.100. The van der Waals surface area contributed by atoms with E-state index in [2.05, 4.69) is 0 Å². The Balaban J connectivity index is 2.20. The molecule has 0 saturated heterocycles. The Morgan fingerprint density at radius 1 is 0.846 bits per heavy atom. The molecule has 0 N–H and O–H groups in total. The molecule has 2 heterocycles. The van der Waals surface area contributed by atoms with Crippen LogP contribution in [-0.4, -0.2) is 13.7 Å². The first-order valence-electron chi connectivity index (χ1n) is 8.11. The number of hydrogen-bond acceptors (Lipinski definition) is 2. The van der Waals surface area contributed by atoms with Crippen molar-refractivity contribution in [2.24, 2.45) is 14.1 Å². The highest BCUT2D eigenvalue weighted by molar-refractivity contribution is 5.94. The standard InChI is InChI=1S/C20H16FN3O2/c1-22-16-12-24(15-10-8-14(21)9-11-15)18(13-6-4-3-5-7-13)17(16)19(25)23(2)20(22)26/h3-12H,1-2H3. The third-order valence-corrected chi connectivity index (χ3v) is 4.59. The van der Waals surface area contributed by atoms with Crippen LogP contribution < -0.4 is 11.2 Å². The molecule has 0 unspecified atom stereocenters. The van der Waals surface area contributed by atoms with Gasteiger partial charge in [-0.15, -0.1) is 0 Å². The van der Waals surface area contributed by atoms with Gasteiger partial charge < -0.3 is 4.57 Å². The van der Waals surface area contributed by atoms with Gasteiger partial charge in [-0.25, -0.2) is 9.18 Å². The average Bonchev–Trinajstić information content (AvgIpc) is 3.06. The molecule has 0 spiro atoms. The van der Waals surface area contributed by atoms with Crippen LogP contribution in [0.25, 0.3) is 27.8 Å². The number of benzene rings is 2. The predicted octanol–water partition coefficient (Wildman–Crippen LogP) is 2.83. The SMILES string of the molecule is Cn1c(=O)c2c(-c3ccccc3)n(-c3ccc(F)cc3)cc2n(C)c1=O. The van der Waals surface area contributed by atoms with Gasteiger partial charge in [0.05, 0.1) is 16.6 Å². The minimum Gasteiger partial charge on any atom is -0.314 e. The summed E-state index contributed by atoms with van der Waals surface area (Å²) < 4.78 is 17.7. The van der Waals surface area contributed by atoms with E-state index in [0.717, 1.165) is 10.1 Å². The summed E-state index contributed by atoms with van der Waals surface area (Å²) in [5.41, 5.74) is 1.99. The Labute approximate surface area is 148 Å². The number of hydrogen-bond donors (Lipinski definition) is 0. The summed E-state index contributed by atoms with van der Waals surface area (Å²) in [6.07, 6.45) is 1.74. The van der Waals surface area contributed by atoms with Crippen LogP contribution in [0.15, 0.2) is 70.4 Å². The molecule has 0 aliphatic heterocycles. The molecular weight excluding hydrogens is 333 g/mol. The molecule has 0 radical (unpaired) electrons. The second-order valence-corrected chi connectivity index (χ2v) is 6.16. The Bertz CT molecular complexity index is 1230. The van der Waals surface area contributed by atoms with Gasteiger partial charge in [0.25, 0.3) is 5.56 Å². The topological polar surface area (TPSA) is 48.9 Å². The molecule has 0 atom stereocenters. The highest BCUT2D eigenvalue weighted by Crippen LogP contribution is 2.30. The molecule has 0 amide bonds.